The van der Waals surface area contributed by atoms with E-state index in [4.69, 9.17) is 9.47 Å². The highest BCUT2D eigenvalue weighted by atomic mass is 32.2. The van der Waals surface area contributed by atoms with Crippen molar-refractivity contribution in [2.75, 3.05) is 52.6 Å². The van der Waals surface area contributed by atoms with Gasteiger partial charge in [0, 0.05) is 30.9 Å². The van der Waals surface area contributed by atoms with Crippen molar-refractivity contribution in [3.8, 4) is 0 Å². The van der Waals surface area contributed by atoms with Crippen molar-refractivity contribution in [1.82, 2.24) is 19.6 Å². The third-order valence-corrected chi connectivity index (χ3v) is 4.29. The van der Waals surface area contributed by atoms with Crippen LogP contribution in [0.3, 0.4) is 0 Å². The summed E-state index contributed by atoms with van der Waals surface area (Å²) in [5.41, 5.74) is 2.74. The number of morpholine rings is 2. The van der Waals surface area contributed by atoms with Crippen LogP contribution in [0.2, 0.25) is 0 Å². The maximum Gasteiger partial charge on any atom is 0.349 e. The summed E-state index contributed by atoms with van der Waals surface area (Å²) >= 11 is 1.31. The van der Waals surface area contributed by atoms with Gasteiger partial charge in [0.05, 0.1) is 26.4 Å². The Bertz CT molecular complexity index is 417. The van der Waals surface area contributed by atoms with E-state index in [1.807, 2.05) is 20.8 Å². The standard InChI is InChI=1S/C14H26N4O4S/c1-14(2,3)23-18(13(20)17-6-10-22-11-7-17)15-12(19)16-4-8-21-9-5-16/h4-11H2,1-3H3,(H,15,19). The lowest BCUT2D eigenvalue weighted by molar-refractivity contribution is 0.0422. The molecule has 0 bridgehead atoms. The van der Waals surface area contributed by atoms with Crippen LogP contribution < -0.4 is 5.43 Å². The molecule has 0 unspecified atom stereocenters. The number of amides is 4. The molecule has 2 rings (SSSR count). The van der Waals surface area contributed by atoms with E-state index in [1.165, 1.54) is 16.4 Å². The van der Waals surface area contributed by atoms with Gasteiger partial charge >= 0.3 is 12.1 Å². The van der Waals surface area contributed by atoms with Gasteiger partial charge in [0.15, 0.2) is 0 Å². The van der Waals surface area contributed by atoms with Crippen LogP contribution in [0.25, 0.3) is 0 Å². The largest absolute Gasteiger partial charge is 0.378 e. The summed E-state index contributed by atoms with van der Waals surface area (Å²) in [6.45, 7) is 10.2. The maximum atomic E-state index is 12.7. The summed E-state index contributed by atoms with van der Waals surface area (Å²) in [6.07, 6.45) is 0. The molecule has 1 N–H and O–H groups in total. The van der Waals surface area contributed by atoms with Crippen molar-refractivity contribution < 1.29 is 19.1 Å². The third kappa shape index (κ3) is 5.74. The molecule has 0 aromatic rings. The number of hydrazine groups is 1. The van der Waals surface area contributed by atoms with Crippen molar-refractivity contribution in [2.45, 2.75) is 25.5 Å². The van der Waals surface area contributed by atoms with Crippen molar-refractivity contribution in [2.24, 2.45) is 0 Å². The first-order valence-electron chi connectivity index (χ1n) is 7.86. The molecule has 0 aromatic carbocycles. The number of hydrogen-bond donors (Lipinski definition) is 1. The molecular formula is C14H26N4O4S. The summed E-state index contributed by atoms with van der Waals surface area (Å²) in [7, 11) is 0. The Hall–Kier alpha value is -1.19. The quantitative estimate of drug-likeness (QED) is 0.569. The van der Waals surface area contributed by atoms with E-state index < -0.39 is 0 Å². The number of ether oxygens (including phenoxy) is 2. The molecule has 2 aliphatic heterocycles. The van der Waals surface area contributed by atoms with Crippen molar-refractivity contribution in [3.05, 3.63) is 0 Å². The molecule has 2 saturated heterocycles. The molecule has 0 aliphatic carbocycles. The van der Waals surface area contributed by atoms with E-state index in [-0.39, 0.29) is 16.8 Å². The summed E-state index contributed by atoms with van der Waals surface area (Å²) < 4.78 is 11.7. The van der Waals surface area contributed by atoms with Gasteiger partial charge in [0.25, 0.3) is 0 Å². The second kappa shape index (κ2) is 8.07. The average molecular weight is 346 g/mol. The molecule has 9 heteroatoms. The van der Waals surface area contributed by atoms with Crippen LogP contribution >= 0.6 is 11.9 Å². The summed E-state index contributed by atoms with van der Waals surface area (Å²) in [4.78, 5) is 28.5. The summed E-state index contributed by atoms with van der Waals surface area (Å²) in [5.74, 6) is 0. The lowest BCUT2D eigenvalue weighted by Crippen LogP contribution is -2.56. The Balaban J connectivity index is 2.00. The normalized spacial score (nSPS) is 19.4. The smallest absolute Gasteiger partial charge is 0.349 e. The van der Waals surface area contributed by atoms with E-state index in [0.717, 1.165) is 0 Å². The number of carbonyl (C=O) groups is 2. The Morgan fingerprint density at radius 2 is 1.43 bits per heavy atom. The Morgan fingerprint density at radius 1 is 0.957 bits per heavy atom. The predicted molar refractivity (Wildman–Crippen MR) is 87.9 cm³/mol. The molecule has 0 spiro atoms. The fraction of sp³-hybridized carbons (Fsp3) is 0.857. The zero-order valence-corrected chi connectivity index (χ0v) is 14.9. The highest BCUT2D eigenvalue weighted by molar-refractivity contribution is 7.98. The first-order chi connectivity index (χ1) is 10.9. The second-order valence-electron chi connectivity index (χ2n) is 6.40. The van der Waals surface area contributed by atoms with Gasteiger partial charge in [0.2, 0.25) is 0 Å². The molecule has 0 atom stereocenters. The van der Waals surface area contributed by atoms with Crippen LogP contribution in [0.15, 0.2) is 0 Å². The van der Waals surface area contributed by atoms with Gasteiger partial charge in [-0.15, -0.1) is 0 Å². The van der Waals surface area contributed by atoms with Crippen LogP contribution in [-0.4, -0.2) is 83.6 Å². The number of nitrogens with one attached hydrogen (secondary N) is 1. The zero-order valence-electron chi connectivity index (χ0n) is 14.0. The second-order valence-corrected chi connectivity index (χ2v) is 8.17. The fourth-order valence-electron chi connectivity index (χ4n) is 2.19. The number of nitrogens with zero attached hydrogens (tertiary/aromatic N) is 3. The molecule has 8 nitrogen and oxygen atoms in total. The topological polar surface area (TPSA) is 74.4 Å². The Kier molecular flexibility index (Phi) is 6.37. The van der Waals surface area contributed by atoms with Gasteiger partial charge in [-0.05, 0) is 32.7 Å². The Labute approximate surface area is 141 Å². The fourth-order valence-corrected chi connectivity index (χ4v) is 3.06. The van der Waals surface area contributed by atoms with Gasteiger partial charge in [-0.2, -0.15) is 4.41 Å². The highest BCUT2D eigenvalue weighted by Gasteiger charge is 2.30. The SMILES string of the molecule is CC(C)(C)SN(NC(=O)N1CCOCC1)C(=O)N1CCOCC1. The predicted octanol–water partition coefficient (Wildman–Crippen LogP) is 1.14. The van der Waals surface area contributed by atoms with E-state index in [9.17, 15) is 9.59 Å². The van der Waals surface area contributed by atoms with Gasteiger partial charge in [-0.25, -0.2) is 15.0 Å². The number of urea groups is 2. The molecule has 4 amide bonds. The first kappa shape index (κ1) is 18.2. The molecular weight excluding hydrogens is 320 g/mol. The van der Waals surface area contributed by atoms with Gasteiger partial charge in [-0.3, -0.25) is 0 Å². The summed E-state index contributed by atoms with van der Waals surface area (Å²) in [6, 6.07) is -0.485. The first-order valence-corrected chi connectivity index (χ1v) is 8.63. The lowest BCUT2D eigenvalue weighted by atomic mass is 10.3. The molecule has 0 saturated carbocycles. The third-order valence-electron chi connectivity index (χ3n) is 3.32. The minimum absolute atomic E-state index is 0.208. The minimum Gasteiger partial charge on any atom is -0.378 e. The maximum absolute atomic E-state index is 12.7. The molecule has 0 aromatic heterocycles. The number of rotatable bonds is 1. The van der Waals surface area contributed by atoms with Gasteiger partial charge in [-0.1, -0.05) is 0 Å². The van der Waals surface area contributed by atoms with Crippen molar-refractivity contribution in [3.63, 3.8) is 0 Å². The summed E-state index contributed by atoms with van der Waals surface area (Å²) in [5, 5.41) is 0. The van der Waals surface area contributed by atoms with Gasteiger partial charge in [0.1, 0.15) is 0 Å². The van der Waals surface area contributed by atoms with E-state index in [1.54, 1.807) is 9.80 Å². The number of carbonyl (C=O) groups excluding carboxylic acids is 2. The molecule has 23 heavy (non-hydrogen) atoms. The molecule has 2 fully saturated rings. The van der Waals surface area contributed by atoms with Crippen LogP contribution in [0.4, 0.5) is 9.59 Å². The van der Waals surface area contributed by atoms with Crippen LogP contribution in [0.5, 0.6) is 0 Å². The molecule has 2 heterocycles. The lowest BCUT2D eigenvalue weighted by Gasteiger charge is -2.36. The van der Waals surface area contributed by atoms with Crippen LogP contribution in [0.1, 0.15) is 20.8 Å². The minimum atomic E-state index is -0.272. The molecule has 132 valence electrons. The van der Waals surface area contributed by atoms with E-state index >= 15 is 0 Å². The molecule has 2 aliphatic rings. The van der Waals surface area contributed by atoms with Crippen molar-refractivity contribution >= 4 is 24.0 Å². The van der Waals surface area contributed by atoms with Gasteiger partial charge < -0.3 is 19.3 Å². The monoisotopic (exact) mass is 346 g/mol. The average Bonchev–Trinajstić information content (AvgIpc) is 2.54. The molecule has 0 radical (unpaired) electrons. The van der Waals surface area contributed by atoms with Crippen molar-refractivity contribution in [1.29, 1.82) is 0 Å². The highest BCUT2D eigenvalue weighted by Crippen LogP contribution is 2.27. The van der Waals surface area contributed by atoms with E-state index in [2.05, 4.69) is 5.43 Å². The van der Waals surface area contributed by atoms with E-state index in [0.29, 0.717) is 52.6 Å². The van der Waals surface area contributed by atoms with Crippen LogP contribution in [-0.2, 0) is 9.47 Å². The van der Waals surface area contributed by atoms with Crippen LogP contribution in [0, 0.1) is 0 Å². The Morgan fingerprint density at radius 3 is 1.91 bits per heavy atom. The zero-order chi connectivity index (χ0) is 16.9. The number of hydrogen-bond acceptors (Lipinski definition) is 5.